The minimum atomic E-state index is -0.614. The summed E-state index contributed by atoms with van der Waals surface area (Å²) in [5.74, 6) is -1.52. The number of hydrogen-bond donors (Lipinski definition) is 0. The average Bonchev–Trinajstić information content (AvgIpc) is 3.37. The lowest BCUT2D eigenvalue weighted by molar-refractivity contribution is -0.134. The molecule has 5 rings (SSSR count). The van der Waals surface area contributed by atoms with Crippen LogP contribution in [0.1, 0.15) is 47.2 Å². The molecule has 1 aliphatic rings. The number of aromatic nitrogens is 2. The van der Waals surface area contributed by atoms with E-state index in [1.54, 1.807) is 6.92 Å². The van der Waals surface area contributed by atoms with Gasteiger partial charge < -0.3 is 4.74 Å². The number of thiophene rings is 1. The summed E-state index contributed by atoms with van der Waals surface area (Å²) in [7, 11) is 0. The van der Waals surface area contributed by atoms with Gasteiger partial charge in [0.25, 0.3) is 5.56 Å². The zero-order chi connectivity index (χ0) is 24.0. The Morgan fingerprint density at radius 2 is 1.97 bits per heavy atom. The Labute approximate surface area is 198 Å². The highest BCUT2D eigenvalue weighted by atomic mass is 32.1. The Morgan fingerprint density at radius 1 is 1.21 bits per heavy atom. The molecule has 172 valence electrons. The van der Waals surface area contributed by atoms with Gasteiger partial charge in [0.05, 0.1) is 23.7 Å². The summed E-state index contributed by atoms with van der Waals surface area (Å²) >= 11 is 1.40. The first-order valence-corrected chi connectivity index (χ1v) is 11.8. The number of aryl methyl sites for hydroxylation is 2. The van der Waals surface area contributed by atoms with Crippen molar-refractivity contribution in [2.45, 2.75) is 39.2 Å². The quantitative estimate of drug-likeness (QED) is 0.290. The Bertz CT molecular complexity index is 1500. The number of benzene rings is 2. The predicted molar refractivity (Wildman–Crippen MR) is 128 cm³/mol. The highest BCUT2D eigenvalue weighted by Gasteiger charge is 2.33. The van der Waals surface area contributed by atoms with E-state index in [2.05, 4.69) is 4.98 Å². The van der Waals surface area contributed by atoms with E-state index in [0.717, 1.165) is 16.7 Å². The minimum absolute atomic E-state index is 0.0659. The van der Waals surface area contributed by atoms with Crippen LogP contribution in [0.15, 0.2) is 52.9 Å². The molecule has 2 heterocycles. The van der Waals surface area contributed by atoms with E-state index in [9.17, 15) is 18.8 Å². The molecule has 6 nitrogen and oxygen atoms in total. The first kappa shape index (κ1) is 22.2. The number of fused-ring (bicyclic) bond motifs is 2. The van der Waals surface area contributed by atoms with Gasteiger partial charge in [-0.15, -0.1) is 11.3 Å². The number of carbonyl (C=O) groups is 2. The molecule has 34 heavy (non-hydrogen) atoms. The van der Waals surface area contributed by atoms with Crippen molar-refractivity contribution < 1.29 is 18.7 Å². The lowest BCUT2D eigenvalue weighted by atomic mass is 10.0. The van der Waals surface area contributed by atoms with Crippen LogP contribution in [-0.4, -0.2) is 21.3 Å². The third kappa shape index (κ3) is 3.84. The lowest BCUT2D eigenvalue weighted by Gasteiger charge is -2.11. The largest absolute Gasteiger partial charge is 0.426 e. The molecule has 2 aromatic carbocycles. The van der Waals surface area contributed by atoms with Crippen molar-refractivity contribution in [3.05, 3.63) is 81.0 Å². The van der Waals surface area contributed by atoms with Crippen LogP contribution >= 0.6 is 11.3 Å². The number of nitrogens with zero attached hydrogens (tertiary/aromatic N) is 2. The van der Waals surface area contributed by atoms with Gasteiger partial charge in [0, 0.05) is 29.5 Å². The smallest absolute Gasteiger partial charge is 0.313 e. The average molecular weight is 477 g/mol. The number of rotatable bonds is 5. The summed E-state index contributed by atoms with van der Waals surface area (Å²) in [5, 5.41) is 2.43. The van der Waals surface area contributed by atoms with Crippen LogP contribution in [0.2, 0.25) is 0 Å². The second kappa shape index (κ2) is 8.61. The highest BCUT2D eigenvalue weighted by Crippen LogP contribution is 2.40. The monoisotopic (exact) mass is 476 g/mol. The number of hydrogen-bond acceptors (Lipinski definition) is 6. The first-order valence-electron chi connectivity index (χ1n) is 10.9. The summed E-state index contributed by atoms with van der Waals surface area (Å²) in [4.78, 5) is 43.1. The molecule has 2 aromatic heterocycles. The third-order valence-electron chi connectivity index (χ3n) is 6.12. The molecule has 0 N–H and O–H groups in total. The summed E-state index contributed by atoms with van der Waals surface area (Å²) < 4.78 is 21.0. The van der Waals surface area contributed by atoms with E-state index in [1.165, 1.54) is 34.4 Å². The molecule has 0 fully saturated rings. The molecule has 0 bridgehead atoms. The van der Waals surface area contributed by atoms with E-state index in [4.69, 9.17) is 4.74 Å². The molecule has 0 saturated heterocycles. The van der Waals surface area contributed by atoms with Crippen molar-refractivity contribution in [2.75, 3.05) is 0 Å². The second-order valence-electron chi connectivity index (χ2n) is 8.53. The van der Waals surface area contributed by atoms with Crippen LogP contribution in [0.3, 0.4) is 0 Å². The van der Waals surface area contributed by atoms with Gasteiger partial charge in [-0.2, -0.15) is 0 Å². The van der Waals surface area contributed by atoms with Gasteiger partial charge in [0.15, 0.2) is 5.78 Å². The van der Waals surface area contributed by atoms with Crippen LogP contribution in [0.25, 0.3) is 21.3 Å². The summed E-state index contributed by atoms with van der Waals surface area (Å²) in [5.41, 5.74) is 3.06. The molecular formula is C26H21FN2O4S. The van der Waals surface area contributed by atoms with Crippen molar-refractivity contribution in [3.63, 3.8) is 0 Å². The van der Waals surface area contributed by atoms with E-state index < -0.39 is 11.8 Å². The van der Waals surface area contributed by atoms with Gasteiger partial charge >= 0.3 is 5.97 Å². The Balaban J connectivity index is 1.37. The van der Waals surface area contributed by atoms with E-state index >= 15 is 0 Å². The Kier molecular flexibility index (Phi) is 5.61. The van der Waals surface area contributed by atoms with E-state index in [0.29, 0.717) is 15.8 Å². The van der Waals surface area contributed by atoms with Crippen molar-refractivity contribution in [3.8, 4) is 16.9 Å². The number of esters is 1. The molecule has 0 saturated carbocycles. The maximum absolute atomic E-state index is 14.2. The zero-order valence-electron chi connectivity index (χ0n) is 18.6. The fraction of sp³-hybridized carbons (Fsp3) is 0.231. The second-order valence-corrected chi connectivity index (χ2v) is 9.38. The lowest BCUT2D eigenvalue weighted by Crippen LogP contribution is -2.23. The van der Waals surface area contributed by atoms with E-state index in [-0.39, 0.29) is 48.0 Å². The van der Waals surface area contributed by atoms with Crippen molar-refractivity contribution in [2.24, 2.45) is 0 Å². The third-order valence-corrected chi connectivity index (χ3v) is 7.01. The number of halogens is 1. The van der Waals surface area contributed by atoms with Crippen LogP contribution in [-0.2, 0) is 11.3 Å². The van der Waals surface area contributed by atoms with Crippen LogP contribution < -0.4 is 10.3 Å². The SMILES string of the molecule is Cc1ccc(-c2csc3ncn(CCC(=O)Oc4ccc(F)c5c4C(=O)CC5C)c(=O)c23)cc1. The number of carbonyl (C=O) groups excluding carboxylic acids is 2. The maximum atomic E-state index is 14.2. The minimum Gasteiger partial charge on any atom is -0.426 e. The van der Waals surface area contributed by atoms with Gasteiger partial charge in [-0.25, -0.2) is 9.37 Å². The molecular weight excluding hydrogens is 455 g/mol. The highest BCUT2D eigenvalue weighted by molar-refractivity contribution is 7.17. The Hall–Kier alpha value is -3.65. The first-order chi connectivity index (χ1) is 16.3. The van der Waals surface area contributed by atoms with Crippen molar-refractivity contribution in [1.29, 1.82) is 0 Å². The normalized spacial score (nSPS) is 15.0. The standard InChI is InChI=1S/C26H21FN2O4S/c1-14-3-5-16(6-4-14)17-12-34-25-23(17)26(32)29(13-28-25)10-9-21(31)33-20-8-7-18(27)22-15(2)11-19(30)24(20)22/h3-8,12-13,15H,9-11H2,1-2H3. The molecule has 0 aliphatic heterocycles. The van der Waals surface area contributed by atoms with Crippen molar-refractivity contribution >= 4 is 33.3 Å². The Morgan fingerprint density at radius 3 is 2.74 bits per heavy atom. The molecule has 1 atom stereocenters. The van der Waals surface area contributed by atoms with Crippen molar-refractivity contribution in [1.82, 2.24) is 9.55 Å². The number of ether oxygens (including phenoxy) is 1. The number of Topliss-reactive ketones (excluding diaryl/α,β-unsaturated/α-hetero) is 1. The van der Waals surface area contributed by atoms with Crippen LogP contribution in [0.5, 0.6) is 5.75 Å². The summed E-state index contributed by atoms with van der Waals surface area (Å²) in [6.45, 7) is 3.83. The van der Waals surface area contributed by atoms with Gasteiger partial charge in [-0.3, -0.25) is 19.0 Å². The van der Waals surface area contributed by atoms with Crippen LogP contribution in [0, 0.1) is 12.7 Å². The van der Waals surface area contributed by atoms with Gasteiger partial charge in [-0.1, -0.05) is 36.8 Å². The molecule has 1 aliphatic carbocycles. The van der Waals surface area contributed by atoms with Gasteiger partial charge in [0.2, 0.25) is 0 Å². The summed E-state index contributed by atoms with van der Waals surface area (Å²) in [6.07, 6.45) is 1.51. The van der Waals surface area contributed by atoms with Gasteiger partial charge in [-0.05, 0) is 30.5 Å². The molecule has 8 heteroatoms. The zero-order valence-corrected chi connectivity index (χ0v) is 19.4. The summed E-state index contributed by atoms with van der Waals surface area (Å²) in [6, 6.07) is 10.4. The van der Waals surface area contributed by atoms with Crippen LogP contribution in [0.4, 0.5) is 4.39 Å². The fourth-order valence-electron chi connectivity index (χ4n) is 4.37. The molecule has 0 radical (unpaired) electrons. The van der Waals surface area contributed by atoms with Gasteiger partial charge in [0.1, 0.15) is 16.4 Å². The molecule has 4 aromatic rings. The maximum Gasteiger partial charge on any atom is 0.313 e. The molecule has 0 spiro atoms. The van der Waals surface area contributed by atoms with E-state index in [1.807, 2.05) is 36.6 Å². The number of ketones is 1. The molecule has 0 amide bonds. The topological polar surface area (TPSA) is 78.3 Å². The fourth-order valence-corrected chi connectivity index (χ4v) is 5.28. The predicted octanol–water partition coefficient (Wildman–Crippen LogP) is 5.26. The molecule has 1 unspecified atom stereocenters.